The number of carbonyl (C=O) groups excluding carboxylic acids is 1. The molecule has 0 unspecified atom stereocenters. The topological polar surface area (TPSA) is 128 Å². The van der Waals surface area contributed by atoms with Crippen molar-refractivity contribution in [3.8, 4) is 0 Å². The van der Waals surface area contributed by atoms with E-state index in [2.05, 4.69) is 20.0 Å². The Morgan fingerprint density at radius 3 is 2.96 bits per heavy atom. The van der Waals surface area contributed by atoms with E-state index in [1.165, 1.54) is 11.5 Å². The first-order chi connectivity index (χ1) is 11.5. The molecule has 0 spiro atoms. The molecule has 2 aromatic heterocycles. The molecule has 2 aromatic rings. The fourth-order valence-corrected chi connectivity index (χ4v) is 3.22. The highest BCUT2D eigenvalue weighted by Gasteiger charge is 2.23. The van der Waals surface area contributed by atoms with Gasteiger partial charge in [0, 0.05) is 18.7 Å². The van der Waals surface area contributed by atoms with Crippen LogP contribution in [-0.2, 0) is 4.74 Å². The number of carbonyl (C=O) groups is 1. The van der Waals surface area contributed by atoms with E-state index in [0.29, 0.717) is 18.9 Å². The van der Waals surface area contributed by atoms with Crippen LogP contribution in [0.25, 0.3) is 0 Å². The van der Waals surface area contributed by atoms with Gasteiger partial charge in [-0.2, -0.15) is 4.37 Å². The molecule has 6 N–H and O–H groups in total. The molecule has 3 heterocycles. The molecule has 1 amide bonds. The quantitative estimate of drug-likeness (QED) is 0.639. The molecule has 0 bridgehead atoms. The lowest BCUT2D eigenvalue weighted by molar-refractivity contribution is 0.0752. The average molecular weight is 348 g/mol. The predicted molar refractivity (Wildman–Crippen MR) is 93.7 cm³/mol. The van der Waals surface area contributed by atoms with E-state index < -0.39 is 5.91 Å². The Morgan fingerprint density at radius 2 is 2.29 bits per heavy atom. The summed E-state index contributed by atoms with van der Waals surface area (Å²) in [6, 6.07) is 3.71. The van der Waals surface area contributed by atoms with Crippen LogP contribution in [0.3, 0.4) is 0 Å². The van der Waals surface area contributed by atoms with Gasteiger partial charge in [0.1, 0.15) is 5.00 Å². The van der Waals surface area contributed by atoms with Crippen molar-refractivity contribution in [2.24, 2.45) is 11.5 Å². The molecule has 9 heteroatoms. The first-order valence-corrected chi connectivity index (χ1v) is 8.40. The number of anilines is 3. The van der Waals surface area contributed by atoms with Crippen molar-refractivity contribution in [1.82, 2.24) is 9.36 Å². The molecule has 8 nitrogen and oxygen atoms in total. The van der Waals surface area contributed by atoms with Gasteiger partial charge in [-0.15, -0.1) is 0 Å². The maximum Gasteiger partial charge on any atom is 0.269 e. The zero-order chi connectivity index (χ0) is 17.1. The number of aromatic nitrogens is 2. The Hall–Kier alpha value is -2.23. The fourth-order valence-electron chi connectivity index (χ4n) is 2.54. The number of aryl methyl sites for hydroxylation is 1. The smallest absolute Gasteiger partial charge is 0.269 e. The summed E-state index contributed by atoms with van der Waals surface area (Å²) in [6.07, 6.45) is 2.40. The Balaban J connectivity index is 1.83. The second-order valence-corrected chi connectivity index (χ2v) is 6.53. The highest BCUT2D eigenvalue weighted by molar-refractivity contribution is 7.10. The monoisotopic (exact) mass is 348 g/mol. The molecule has 1 aliphatic heterocycles. The van der Waals surface area contributed by atoms with Crippen molar-refractivity contribution in [3.63, 3.8) is 0 Å². The van der Waals surface area contributed by atoms with Crippen LogP contribution in [-0.4, -0.2) is 40.6 Å². The van der Waals surface area contributed by atoms with E-state index in [1.54, 1.807) is 6.20 Å². The number of pyridine rings is 1. The Morgan fingerprint density at radius 1 is 1.46 bits per heavy atom. The van der Waals surface area contributed by atoms with Crippen LogP contribution in [0.2, 0.25) is 0 Å². The predicted octanol–water partition coefficient (Wildman–Crippen LogP) is 1.22. The molecule has 2 atom stereocenters. The molecular weight excluding hydrogens is 328 g/mol. The maximum absolute atomic E-state index is 11.6. The minimum atomic E-state index is -0.590. The van der Waals surface area contributed by atoms with Crippen LogP contribution in [0.5, 0.6) is 0 Å². The zero-order valence-corrected chi connectivity index (χ0v) is 14.1. The van der Waals surface area contributed by atoms with E-state index in [4.69, 9.17) is 16.2 Å². The fraction of sp³-hybridized carbons (Fsp3) is 0.400. The highest BCUT2D eigenvalue weighted by atomic mass is 32.1. The second-order valence-electron chi connectivity index (χ2n) is 5.72. The average Bonchev–Trinajstić information content (AvgIpc) is 2.94. The summed E-state index contributed by atoms with van der Waals surface area (Å²) in [4.78, 5) is 15.8. The van der Waals surface area contributed by atoms with Crippen molar-refractivity contribution in [1.29, 1.82) is 0 Å². The molecule has 0 aromatic carbocycles. The third-order valence-corrected chi connectivity index (χ3v) is 4.56. The number of primary amides is 1. The van der Waals surface area contributed by atoms with E-state index in [-0.39, 0.29) is 17.8 Å². The highest BCUT2D eigenvalue weighted by Crippen LogP contribution is 2.26. The lowest BCUT2D eigenvalue weighted by Gasteiger charge is -2.30. The first kappa shape index (κ1) is 16.6. The van der Waals surface area contributed by atoms with Crippen LogP contribution in [0.4, 0.5) is 16.4 Å². The number of nitrogens with zero attached hydrogens (tertiary/aromatic N) is 2. The van der Waals surface area contributed by atoms with Gasteiger partial charge in [-0.1, -0.05) is 0 Å². The van der Waals surface area contributed by atoms with Gasteiger partial charge in [-0.25, -0.2) is 4.98 Å². The summed E-state index contributed by atoms with van der Waals surface area (Å²) in [5, 5.41) is 7.33. The summed E-state index contributed by atoms with van der Waals surface area (Å²) in [5.74, 6) is -0.590. The third-order valence-electron chi connectivity index (χ3n) is 3.76. The van der Waals surface area contributed by atoms with Gasteiger partial charge >= 0.3 is 0 Å². The lowest BCUT2D eigenvalue weighted by Crippen LogP contribution is -2.47. The van der Waals surface area contributed by atoms with Crippen molar-refractivity contribution in [3.05, 3.63) is 29.7 Å². The molecule has 0 radical (unpaired) electrons. The number of nitrogens with two attached hydrogens (primary N) is 2. The van der Waals surface area contributed by atoms with Crippen LogP contribution in [0.15, 0.2) is 18.3 Å². The third kappa shape index (κ3) is 3.81. The molecule has 3 rings (SSSR count). The minimum Gasteiger partial charge on any atom is -0.380 e. The number of amides is 1. The van der Waals surface area contributed by atoms with E-state index >= 15 is 0 Å². The van der Waals surface area contributed by atoms with Crippen molar-refractivity contribution < 1.29 is 9.53 Å². The van der Waals surface area contributed by atoms with E-state index in [1.807, 2.05) is 19.1 Å². The normalized spacial score (nSPS) is 20.6. The van der Waals surface area contributed by atoms with Gasteiger partial charge in [0.05, 0.1) is 29.9 Å². The summed E-state index contributed by atoms with van der Waals surface area (Å²) in [6.45, 7) is 3.10. The van der Waals surface area contributed by atoms with Gasteiger partial charge < -0.3 is 26.8 Å². The van der Waals surface area contributed by atoms with E-state index in [9.17, 15) is 4.79 Å². The van der Waals surface area contributed by atoms with Gasteiger partial charge in [0.15, 0.2) is 5.69 Å². The first-order valence-electron chi connectivity index (χ1n) is 7.63. The lowest BCUT2D eigenvalue weighted by atomic mass is 10.0. The van der Waals surface area contributed by atoms with Crippen LogP contribution in [0.1, 0.15) is 22.6 Å². The molecule has 1 fully saturated rings. The van der Waals surface area contributed by atoms with E-state index in [0.717, 1.165) is 22.8 Å². The summed E-state index contributed by atoms with van der Waals surface area (Å²) >= 11 is 1.31. The number of rotatable bonds is 5. The molecular formula is C15H20N6O2S. The summed E-state index contributed by atoms with van der Waals surface area (Å²) in [5.41, 5.74) is 13.9. The molecule has 1 saturated heterocycles. The molecule has 0 aliphatic carbocycles. The van der Waals surface area contributed by atoms with Gasteiger partial charge in [-0.3, -0.25) is 4.79 Å². The van der Waals surface area contributed by atoms with Gasteiger partial charge in [-0.05, 0) is 37.0 Å². The molecule has 0 saturated carbocycles. The number of ether oxygens (including phenoxy) is 1. The Bertz CT molecular complexity index is 735. The van der Waals surface area contributed by atoms with Crippen LogP contribution in [0, 0.1) is 6.92 Å². The standard InChI is InChI=1S/C15H20N6O2S/c1-8-4-13(24-21-8)20-12-5-9(6-18-14(12)15(17)22)19-11-2-3-23-7-10(11)16/h4-6,10-11,19-20H,2-3,7,16H2,1H3,(H2,17,22)/t10-,11+/m0/s1. The number of hydrogen-bond acceptors (Lipinski definition) is 8. The summed E-state index contributed by atoms with van der Waals surface area (Å²) < 4.78 is 9.56. The molecule has 1 aliphatic rings. The van der Waals surface area contributed by atoms with Crippen molar-refractivity contribution >= 4 is 33.8 Å². The Labute approximate surface area is 143 Å². The summed E-state index contributed by atoms with van der Waals surface area (Å²) in [7, 11) is 0. The molecule has 24 heavy (non-hydrogen) atoms. The maximum atomic E-state index is 11.6. The molecule has 128 valence electrons. The Kier molecular flexibility index (Phi) is 4.93. The van der Waals surface area contributed by atoms with Crippen molar-refractivity contribution in [2.45, 2.75) is 25.4 Å². The zero-order valence-electron chi connectivity index (χ0n) is 13.3. The van der Waals surface area contributed by atoms with Crippen LogP contribution < -0.4 is 22.1 Å². The van der Waals surface area contributed by atoms with Crippen LogP contribution >= 0.6 is 11.5 Å². The van der Waals surface area contributed by atoms with Gasteiger partial charge in [0.2, 0.25) is 0 Å². The second kappa shape index (κ2) is 7.12. The van der Waals surface area contributed by atoms with Crippen molar-refractivity contribution in [2.75, 3.05) is 23.8 Å². The number of hydrogen-bond donors (Lipinski definition) is 4. The van der Waals surface area contributed by atoms with Gasteiger partial charge in [0.25, 0.3) is 5.91 Å². The largest absolute Gasteiger partial charge is 0.380 e. The minimum absolute atomic E-state index is 0.0879. The SMILES string of the molecule is Cc1cc(Nc2cc(N[C@@H]3CCOC[C@@H]3N)cnc2C(N)=O)sn1. The number of nitrogens with one attached hydrogen (secondary N) is 2.